The molecule has 2 N–H and O–H groups in total. The van der Waals surface area contributed by atoms with E-state index in [-0.39, 0.29) is 5.91 Å². The van der Waals surface area contributed by atoms with Crippen LogP contribution in [-0.2, 0) is 4.79 Å². The van der Waals surface area contributed by atoms with Crippen LogP contribution in [0.3, 0.4) is 0 Å². The molecule has 2 rings (SSSR count). The maximum atomic E-state index is 11.9. The number of hydrogen-bond donors (Lipinski definition) is 2. The standard InChI is InChI=1S/C16H18ClN3O2/c1-11-4-3-8-19-16(11)20-15(21)7-9-18-13-10-12(17)5-6-14(13)22-2/h3-6,8,10,18H,7,9H2,1-2H3,(H,19,20,21). The van der Waals surface area contributed by atoms with E-state index < -0.39 is 0 Å². The molecule has 0 aliphatic heterocycles. The van der Waals surface area contributed by atoms with Crippen LogP contribution in [0.5, 0.6) is 5.75 Å². The van der Waals surface area contributed by atoms with Crippen LogP contribution in [0.2, 0.25) is 5.02 Å². The van der Waals surface area contributed by atoms with Crippen LogP contribution in [-0.4, -0.2) is 24.5 Å². The number of aryl methyl sites for hydroxylation is 1. The van der Waals surface area contributed by atoms with Gasteiger partial charge in [0.2, 0.25) is 5.91 Å². The molecule has 0 radical (unpaired) electrons. The lowest BCUT2D eigenvalue weighted by Crippen LogP contribution is -2.17. The summed E-state index contributed by atoms with van der Waals surface area (Å²) in [7, 11) is 1.59. The zero-order valence-electron chi connectivity index (χ0n) is 12.5. The van der Waals surface area contributed by atoms with Crippen molar-refractivity contribution in [2.24, 2.45) is 0 Å². The monoisotopic (exact) mass is 319 g/mol. The number of rotatable bonds is 6. The van der Waals surface area contributed by atoms with Gasteiger partial charge < -0.3 is 15.4 Å². The highest BCUT2D eigenvalue weighted by Gasteiger charge is 2.07. The lowest BCUT2D eigenvalue weighted by molar-refractivity contribution is -0.116. The largest absolute Gasteiger partial charge is 0.495 e. The van der Waals surface area contributed by atoms with E-state index in [9.17, 15) is 4.79 Å². The number of carbonyl (C=O) groups is 1. The third-order valence-electron chi connectivity index (χ3n) is 3.10. The van der Waals surface area contributed by atoms with Crippen LogP contribution in [0.25, 0.3) is 0 Å². The number of amides is 1. The molecule has 0 saturated carbocycles. The average molecular weight is 320 g/mol. The van der Waals surface area contributed by atoms with Crippen molar-refractivity contribution in [1.82, 2.24) is 4.98 Å². The van der Waals surface area contributed by atoms with E-state index in [1.165, 1.54) is 0 Å². The van der Waals surface area contributed by atoms with Crippen LogP contribution in [0.1, 0.15) is 12.0 Å². The van der Waals surface area contributed by atoms with E-state index >= 15 is 0 Å². The summed E-state index contributed by atoms with van der Waals surface area (Å²) in [4.78, 5) is 16.1. The van der Waals surface area contributed by atoms with Gasteiger partial charge in [0.1, 0.15) is 11.6 Å². The summed E-state index contributed by atoms with van der Waals surface area (Å²) in [5.74, 6) is 1.17. The van der Waals surface area contributed by atoms with Crippen molar-refractivity contribution in [3.8, 4) is 5.75 Å². The van der Waals surface area contributed by atoms with E-state index in [1.54, 1.807) is 31.5 Å². The quantitative estimate of drug-likeness (QED) is 0.855. The average Bonchev–Trinajstić information content (AvgIpc) is 2.50. The first-order valence-electron chi connectivity index (χ1n) is 6.89. The third-order valence-corrected chi connectivity index (χ3v) is 3.33. The van der Waals surface area contributed by atoms with Gasteiger partial charge in [-0.05, 0) is 36.8 Å². The summed E-state index contributed by atoms with van der Waals surface area (Å²) < 4.78 is 5.24. The topological polar surface area (TPSA) is 63.2 Å². The predicted molar refractivity (Wildman–Crippen MR) is 88.7 cm³/mol. The number of hydrogen-bond acceptors (Lipinski definition) is 4. The lowest BCUT2D eigenvalue weighted by atomic mass is 10.2. The number of pyridine rings is 1. The maximum absolute atomic E-state index is 11.9. The summed E-state index contributed by atoms with van der Waals surface area (Å²) in [5.41, 5.74) is 1.69. The number of nitrogens with zero attached hydrogens (tertiary/aromatic N) is 1. The summed E-state index contributed by atoms with van der Waals surface area (Å²) in [6, 6.07) is 9.03. The molecule has 6 heteroatoms. The Hall–Kier alpha value is -2.27. The van der Waals surface area contributed by atoms with Gasteiger partial charge in [-0.3, -0.25) is 4.79 Å². The van der Waals surface area contributed by atoms with Crippen molar-refractivity contribution >= 4 is 29.0 Å². The Bertz CT molecular complexity index is 662. The van der Waals surface area contributed by atoms with Crippen LogP contribution in [0.4, 0.5) is 11.5 Å². The molecule has 116 valence electrons. The molecular weight excluding hydrogens is 302 g/mol. The molecule has 1 amide bonds. The van der Waals surface area contributed by atoms with Gasteiger partial charge >= 0.3 is 0 Å². The number of ether oxygens (including phenoxy) is 1. The lowest BCUT2D eigenvalue weighted by Gasteiger charge is -2.11. The molecule has 0 fully saturated rings. The van der Waals surface area contributed by atoms with Gasteiger partial charge in [-0.25, -0.2) is 4.98 Å². The minimum Gasteiger partial charge on any atom is -0.495 e. The number of benzene rings is 1. The van der Waals surface area contributed by atoms with E-state index in [0.29, 0.717) is 29.6 Å². The molecule has 0 spiro atoms. The fourth-order valence-electron chi connectivity index (χ4n) is 1.94. The van der Waals surface area contributed by atoms with Gasteiger partial charge in [0.05, 0.1) is 12.8 Å². The Morgan fingerprint density at radius 1 is 1.36 bits per heavy atom. The van der Waals surface area contributed by atoms with Gasteiger partial charge in [0.25, 0.3) is 0 Å². The summed E-state index contributed by atoms with van der Waals surface area (Å²) in [6.07, 6.45) is 1.96. The van der Waals surface area contributed by atoms with E-state index in [0.717, 1.165) is 11.3 Å². The van der Waals surface area contributed by atoms with E-state index in [1.807, 2.05) is 19.1 Å². The molecule has 0 bridgehead atoms. The summed E-state index contributed by atoms with van der Waals surface area (Å²) in [5, 5.41) is 6.54. The first-order valence-corrected chi connectivity index (χ1v) is 7.27. The Morgan fingerprint density at radius 3 is 2.91 bits per heavy atom. The highest BCUT2D eigenvalue weighted by Crippen LogP contribution is 2.27. The van der Waals surface area contributed by atoms with Crippen LogP contribution in [0, 0.1) is 6.92 Å². The van der Waals surface area contributed by atoms with Crippen LogP contribution in [0.15, 0.2) is 36.5 Å². The zero-order valence-corrected chi connectivity index (χ0v) is 13.3. The second kappa shape index (κ2) is 7.66. The molecule has 2 aromatic rings. The SMILES string of the molecule is COc1ccc(Cl)cc1NCCC(=O)Nc1ncccc1C. The maximum Gasteiger partial charge on any atom is 0.227 e. The van der Waals surface area contributed by atoms with Gasteiger partial charge in [0.15, 0.2) is 0 Å². The molecule has 0 unspecified atom stereocenters. The van der Waals surface area contributed by atoms with Crippen molar-refractivity contribution in [3.63, 3.8) is 0 Å². The molecule has 22 heavy (non-hydrogen) atoms. The van der Waals surface area contributed by atoms with Gasteiger partial charge in [-0.15, -0.1) is 0 Å². The number of aromatic nitrogens is 1. The number of nitrogens with one attached hydrogen (secondary N) is 2. The minimum atomic E-state index is -0.102. The van der Waals surface area contributed by atoms with E-state index in [4.69, 9.17) is 16.3 Å². The Labute approximate surface area is 134 Å². The first-order chi connectivity index (χ1) is 10.6. The number of carbonyl (C=O) groups excluding carboxylic acids is 1. The Morgan fingerprint density at radius 2 is 2.18 bits per heavy atom. The summed E-state index contributed by atoms with van der Waals surface area (Å²) >= 11 is 5.96. The molecule has 0 atom stereocenters. The second-order valence-electron chi connectivity index (χ2n) is 4.74. The smallest absolute Gasteiger partial charge is 0.227 e. The molecule has 1 heterocycles. The molecule has 1 aromatic heterocycles. The molecule has 1 aromatic carbocycles. The van der Waals surface area contributed by atoms with Gasteiger partial charge in [0, 0.05) is 24.2 Å². The molecule has 0 saturated heterocycles. The number of halogens is 1. The van der Waals surface area contributed by atoms with Crippen molar-refractivity contribution in [3.05, 3.63) is 47.1 Å². The fraction of sp³-hybridized carbons (Fsp3) is 0.250. The Kier molecular flexibility index (Phi) is 5.61. The van der Waals surface area contributed by atoms with Gasteiger partial charge in [-0.1, -0.05) is 17.7 Å². The molecular formula is C16H18ClN3O2. The third kappa shape index (κ3) is 4.36. The number of anilines is 2. The number of methoxy groups -OCH3 is 1. The first kappa shape index (κ1) is 16.1. The highest BCUT2D eigenvalue weighted by atomic mass is 35.5. The van der Waals surface area contributed by atoms with Crippen molar-refractivity contribution < 1.29 is 9.53 Å². The molecule has 0 aliphatic carbocycles. The minimum absolute atomic E-state index is 0.102. The Balaban J connectivity index is 1.87. The molecule has 5 nitrogen and oxygen atoms in total. The highest BCUT2D eigenvalue weighted by molar-refractivity contribution is 6.30. The molecule has 0 aliphatic rings. The van der Waals surface area contributed by atoms with Crippen LogP contribution >= 0.6 is 11.6 Å². The summed E-state index contributed by atoms with van der Waals surface area (Å²) in [6.45, 7) is 2.37. The van der Waals surface area contributed by atoms with E-state index in [2.05, 4.69) is 15.6 Å². The predicted octanol–water partition coefficient (Wildman–Crippen LogP) is 3.49. The second-order valence-corrected chi connectivity index (χ2v) is 5.17. The fourth-order valence-corrected chi connectivity index (χ4v) is 2.11. The van der Waals surface area contributed by atoms with Crippen molar-refractivity contribution in [2.45, 2.75) is 13.3 Å². The van der Waals surface area contributed by atoms with Gasteiger partial charge in [-0.2, -0.15) is 0 Å². The van der Waals surface area contributed by atoms with Crippen LogP contribution < -0.4 is 15.4 Å². The van der Waals surface area contributed by atoms with Crippen molar-refractivity contribution in [1.29, 1.82) is 0 Å². The zero-order chi connectivity index (χ0) is 15.9. The normalized spacial score (nSPS) is 10.1. The van der Waals surface area contributed by atoms with Crippen molar-refractivity contribution in [2.75, 3.05) is 24.3 Å².